The molecule has 156 valence electrons. The molecular formula is C18H23F3IN3O2S. The summed E-state index contributed by atoms with van der Waals surface area (Å²) in [6.07, 6.45) is -2.53. The van der Waals surface area contributed by atoms with Gasteiger partial charge in [-0.3, -0.25) is 4.79 Å². The number of amides is 1. The number of carbonyl (C=O) groups is 1. The number of likely N-dealkylation sites (tertiary alicyclic amines) is 1. The number of aromatic nitrogens is 1. The summed E-state index contributed by atoms with van der Waals surface area (Å²) in [5.74, 6) is -1.17. The van der Waals surface area contributed by atoms with E-state index in [1.807, 2.05) is 4.90 Å². The third kappa shape index (κ3) is 4.70. The molecule has 3 heterocycles. The minimum absolute atomic E-state index is 0. The standard InChI is InChI=1S/C18H22F3N3O2S.HI/c1-4-23(3)12-6-5-9-24(10-12)17(25)14-8-7-13(27-14)15-11(2)16(26-22-15)18(19,20)21;/h7-8,12H,4-6,9-10H2,1-3H3;1H/t12-;/m1./s1. The van der Waals surface area contributed by atoms with Crippen LogP contribution in [0.15, 0.2) is 16.7 Å². The summed E-state index contributed by atoms with van der Waals surface area (Å²) in [5.41, 5.74) is 0.0765. The summed E-state index contributed by atoms with van der Waals surface area (Å²) in [6, 6.07) is 3.71. The predicted molar refractivity (Wildman–Crippen MR) is 95.9 cm³/mol. The van der Waals surface area contributed by atoms with Gasteiger partial charge in [0, 0.05) is 18.5 Å². The fourth-order valence-corrected chi connectivity index (χ4v) is 4.43. The Morgan fingerprint density at radius 2 is 2.14 bits per heavy atom. The van der Waals surface area contributed by atoms with E-state index in [1.165, 1.54) is 11.8 Å². The zero-order valence-corrected chi connectivity index (χ0v) is 18.9. The van der Waals surface area contributed by atoms with Crippen molar-refractivity contribution in [1.29, 1.82) is 0 Å². The largest absolute Gasteiger partial charge is 1.00 e. The molecular weight excluding hydrogens is 506 g/mol. The quantitative estimate of drug-likeness (QED) is 0.563. The molecule has 0 bridgehead atoms. The molecule has 1 N–H and O–H groups in total. The van der Waals surface area contributed by atoms with Crippen LogP contribution in [0, 0.1) is 6.92 Å². The zero-order valence-electron chi connectivity index (χ0n) is 15.9. The first-order valence-corrected chi connectivity index (χ1v) is 9.79. The summed E-state index contributed by atoms with van der Waals surface area (Å²) in [7, 11) is 2.13. The monoisotopic (exact) mass is 529 g/mol. The summed E-state index contributed by atoms with van der Waals surface area (Å²) in [4.78, 5) is 17.1. The number of piperidine rings is 1. The van der Waals surface area contributed by atoms with Crippen molar-refractivity contribution in [2.45, 2.75) is 38.9 Å². The van der Waals surface area contributed by atoms with E-state index in [0.29, 0.717) is 28.9 Å². The van der Waals surface area contributed by atoms with Gasteiger partial charge in [-0.15, -0.1) is 11.3 Å². The van der Waals surface area contributed by atoms with Crippen molar-refractivity contribution in [2.24, 2.45) is 0 Å². The van der Waals surface area contributed by atoms with Crippen LogP contribution < -0.4 is 28.9 Å². The lowest BCUT2D eigenvalue weighted by molar-refractivity contribution is -0.904. The highest BCUT2D eigenvalue weighted by Gasteiger charge is 2.39. The van der Waals surface area contributed by atoms with Crippen LogP contribution in [0.2, 0.25) is 0 Å². The number of carbonyl (C=O) groups excluding carboxylic acids is 1. The molecule has 0 radical (unpaired) electrons. The topological polar surface area (TPSA) is 50.8 Å². The van der Waals surface area contributed by atoms with Crippen molar-refractivity contribution in [3.8, 4) is 10.6 Å². The molecule has 2 atom stereocenters. The maximum absolute atomic E-state index is 12.9. The van der Waals surface area contributed by atoms with Crippen LogP contribution >= 0.6 is 11.3 Å². The summed E-state index contributed by atoms with van der Waals surface area (Å²) in [5, 5.41) is 3.57. The molecule has 5 nitrogen and oxygen atoms in total. The van der Waals surface area contributed by atoms with Gasteiger partial charge in [0.2, 0.25) is 5.76 Å². The maximum atomic E-state index is 12.9. The van der Waals surface area contributed by atoms with Crippen molar-refractivity contribution in [3.05, 3.63) is 28.3 Å². The van der Waals surface area contributed by atoms with E-state index in [4.69, 9.17) is 0 Å². The maximum Gasteiger partial charge on any atom is 0.452 e. The van der Waals surface area contributed by atoms with Crippen LogP contribution in [0.1, 0.15) is 40.8 Å². The second-order valence-corrected chi connectivity index (χ2v) is 8.02. The SMILES string of the molecule is CC[NH+](C)[C@@H]1CCCN(C(=O)c2ccc(-c3noc(C(F)(F)F)c3C)s2)C1.[I-]. The Morgan fingerprint density at radius 3 is 2.75 bits per heavy atom. The minimum Gasteiger partial charge on any atom is -1.00 e. The molecule has 1 fully saturated rings. The molecule has 28 heavy (non-hydrogen) atoms. The lowest BCUT2D eigenvalue weighted by atomic mass is 10.0. The highest BCUT2D eigenvalue weighted by atomic mass is 127. The van der Waals surface area contributed by atoms with Crippen LogP contribution in [0.3, 0.4) is 0 Å². The Hall–Kier alpha value is -1.14. The second kappa shape index (κ2) is 9.12. The molecule has 1 unspecified atom stereocenters. The number of thiophene rings is 1. The summed E-state index contributed by atoms with van der Waals surface area (Å²) in [6.45, 7) is 5.86. The molecule has 3 rings (SSSR count). The van der Waals surface area contributed by atoms with Crippen molar-refractivity contribution < 1.29 is 51.4 Å². The molecule has 0 aliphatic carbocycles. The minimum atomic E-state index is -4.58. The van der Waals surface area contributed by atoms with Crippen LogP contribution in [-0.2, 0) is 6.18 Å². The summed E-state index contributed by atoms with van der Waals surface area (Å²) >= 11 is 1.15. The first-order chi connectivity index (χ1) is 12.7. The fraction of sp³-hybridized carbons (Fsp3) is 0.556. The average molecular weight is 529 g/mol. The Balaban J connectivity index is 0.00000280. The highest BCUT2D eigenvalue weighted by molar-refractivity contribution is 7.17. The molecule has 2 aromatic rings. The van der Waals surface area contributed by atoms with Crippen molar-refractivity contribution >= 4 is 17.2 Å². The number of halogens is 4. The van der Waals surface area contributed by atoms with Gasteiger partial charge in [-0.1, -0.05) is 5.16 Å². The fourth-order valence-electron chi connectivity index (χ4n) is 3.42. The lowest BCUT2D eigenvalue weighted by Crippen LogP contribution is -3.13. The molecule has 0 aromatic carbocycles. The van der Waals surface area contributed by atoms with E-state index in [9.17, 15) is 18.0 Å². The van der Waals surface area contributed by atoms with E-state index >= 15 is 0 Å². The first-order valence-electron chi connectivity index (χ1n) is 8.97. The normalized spacial score (nSPS) is 18.6. The molecule has 10 heteroatoms. The van der Waals surface area contributed by atoms with Gasteiger partial charge in [-0.25, -0.2) is 0 Å². The number of nitrogens with zero attached hydrogens (tertiary/aromatic N) is 2. The molecule has 0 spiro atoms. The predicted octanol–water partition coefficient (Wildman–Crippen LogP) is -0.126. The van der Waals surface area contributed by atoms with Crippen molar-refractivity contribution in [1.82, 2.24) is 10.1 Å². The van der Waals surface area contributed by atoms with E-state index in [-0.39, 0.29) is 41.1 Å². The van der Waals surface area contributed by atoms with Gasteiger partial charge < -0.3 is 38.3 Å². The zero-order chi connectivity index (χ0) is 19.8. The summed E-state index contributed by atoms with van der Waals surface area (Å²) < 4.78 is 43.2. The van der Waals surface area contributed by atoms with Crippen LogP contribution in [0.4, 0.5) is 13.2 Å². The van der Waals surface area contributed by atoms with Gasteiger partial charge in [0.05, 0.1) is 29.9 Å². The van der Waals surface area contributed by atoms with Crippen LogP contribution in [0.5, 0.6) is 0 Å². The van der Waals surface area contributed by atoms with Gasteiger partial charge >= 0.3 is 6.18 Å². The molecule has 1 aliphatic heterocycles. The van der Waals surface area contributed by atoms with E-state index < -0.39 is 11.9 Å². The van der Waals surface area contributed by atoms with E-state index in [0.717, 1.165) is 30.7 Å². The van der Waals surface area contributed by atoms with Crippen molar-refractivity contribution in [3.63, 3.8) is 0 Å². The number of hydrogen-bond acceptors (Lipinski definition) is 4. The molecule has 0 saturated carbocycles. The Labute approximate surface area is 182 Å². The number of likely N-dealkylation sites (N-methyl/N-ethyl adjacent to an activating group) is 1. The Bertz CT molecular complexity index is 821. The van der Waals surface area contributed by atoms with Crippen LogP contribution in [-0.4, -0.2) is 48.7 Å². The van der Waals surface area contributed by atoms with Gasteiger partial charge in [0.25, 0.3) is 5.91 Å². The number of quaternary nitrogens is 1. The smallest absolute Gasteiger partial charge is 0.452 e. The van der Waals surface area contributed by atoms with E-state index in [2.05, 4.69) is 23.7 Å². The van der Waals surface area contributed by atoms with Gasteiger partial charge in [0.1, 0.15) is 11.7 Å². The Morgan fingerprint density at radius 1 is 1.43 bits per heavy atom. The van der Waals surface area contributed by atoms with Crippen LogP contribution in [0.25, 0.3) is 10.6 Å². The van der Waals surface area contributed by atoms with Gasteiger partial charge in [-0.05, 0) is 32.4 Å². The van der Waals surface area contributed by atoms with Gasteiger partial charge in [0.15, 0.2) is 0 Å². The third-order valence-electron chi connectivity index (χ3n) is 5.19. The number of nitrogens with one attached hydrogen (secondary N) is 1. The van der Waals surface area contributed by atoms with Crippen molar-refractivity contribution in [2.75, 3.05) is 26.7 Å². The Kier molecular flexibility index (Phi) is 7.54. The number of hydrogen-bond donors (Lipinski definition) is 1. The lowest BCUT2D eigenvalue weighted by Gasteiger charge is -2.34. The molecule has 1 saturated heterocycles. The molecule has 2 aromatic heterocycles. The third-order valence-corrected chi connectivity index (χ3v) is 6.27. The number of rotatable bonds is 4. The molecule has 1 aliphatic rings. The number of alkyl halides is 3. The highest BCUT2D eigenvalue weighted by Crippen LogP contribution is 2.38. The van der Waals surface area contributed by atoms with E-state index in [1.54, 1.807) is 12.1 Å². The second-order valence-electron chi connectivity index (χ2n) is 6.94. The first kappa shape index (κ1) is 23.1. The molecule has 1 amide bonds. The average Bonchev–Trinajstić information content (AvgIpc) is 3.26. The van der Waals surface area contributed by atoms with Gasteiger partial charge in [-0.2, -0.15) is 13.2 Å².